The van der Waals surface area contributed by atoms with E-state index >= 15 is 0 Å². The van der Waals surface area contributed by atoms with Gasteiger partial charge in [0.05, 0.1) is 6.61 Å². The topological polar surface area (TPSA) is 93.9 Å². The van der Waals surface area contributed by atoms with Gasteiger partial charge in [-0.05, 0) is 24.5 Å². The highest BCUT2D eigenvalue weighted by atomic mass is 16.5. The summed E-state index contributed by atoms with van der Waals surface area (Å²) in [7, 11) is 0. The number of carbonyl (C=O) groups excluding carboxylic acids is 1. The molecule has 2 rings (SSSR count). The fourth-order valence-electron chi connectivity index (χ4n) is 1.78. The van der Waals surface area contributed by atoms with Crippen molar-refractivity contribution in [1.29, 1.82) is 0 Å². The maximum atomic E-state index is 11.3. The number of rotatable bonds is 6. The molecule has 1 aromatic carbocycles. The summed E-state index contributed by atoms with van der Waals surface area (Å²) in [6.45, 7) is 4.88. The lowest BCUT2D eigenvalue weighted by Crippen LogP contribution is -2.13. The molecule has 0 saturated carbocycles. The monoisotopic (exact) mass is 274 g/mol. The Balaban J connectivity index is 2.27. The zero-order valence-corrected chi connectivity index (χ0v) is 11.6. The van der Waals surface area contributed by atoms with E-state index in [-0.39, 0.29) is 5.69 Å². The Morgan fingerprint density at radius 3 is 2.80 bits per heavy atom. The molecule has 0 fully saturated rings. The van der Waals surface area contributed by atoms with E-state index in [0.717, 1.165) is 6.42 Å². The minimum absolute atomic E-state index is 0.116. The van der Waals surface area contributed by atoms with Gasteiger partial charge in [-0.1, -0.05) is 26.0 Å². The van der Waals surface area contributed by atoms with Gasteiger partial charge in [-0.25, -0.2) is 0 Å². The van der Waals surface area contributed by atoms with Crippen molar-refractivity contribution >= 4 is 5.91 Å². The number of H-pyrrole nitrogens is 1. The lowest BCUT2D eigenvalue weighted by molar-refractivity contribution is 0.0996. The van der Waals surface area contributed by atoms with Gasteiger partial charge in [0.2, 0.25) is 0 Å². The van der Waals surface area contributed by atoms with Crippen LogP contribution in [0.3, 0.4) is 0 Å². The number of aromatic amines is 1. The van der Waals surface area contributed by atoms with E-state index in [1.54, 1.807) is 0 Å². The molecular formula is C14H18N4O2. The zero-order chi connectivity index (χ0) is 14.5. The number of aromatic nitrogens is 3. The van der Waals surface area contributed by atoms with Crippen LogP contribution in [0.1, 0.15) is 30.8 Å². The summed E-state index contributed by atoms with van der Waals surface area (Å²) in [5.74, 6) is 0.616. The van der Waals surface area contributed by atoms with Crippen LogP contribution in [0.25, 0.3) is 11.3 Å². The number of nitrogens with zero attached hydrogens (tertiary/aromatic N) is 2. The summed E-state index contributed by atoms with van der Waals surface area (Å²) < 4.78 is 5.77. The quantitative estimate of drug-likeness (QED) is 0.842. The molecule has 6 nitrogen and oxygen atoms in total. The molecule has 106 valence electrons. The highest BCUT2D eigenvalue weighted by Crippen LogP contribution is 2.29. The summed E-state index contributed by atoms with van der Waals surface area (Å²) in [5, 5.41) is 10.2. The number of nitrogens with two attached hydrogens (primary N) is 1. The third kappa shape index (κ3) is 3.14. The van der Waals surface area contributed by atoms with E-state index in [1.165, 1.54) is 0 Å². The fourth-order valence-corrected chi connectivity index (χ4v) is 1.78. The van der Waals surface area contributed by atoms with E-state index in [1.807, 2.05) is 24.3 Å². The molecule has 0 aliphatic carbocycles. The summed E-state index contributed by atoms with van der Waals surface area (Å²) >= 11 is 0. The number of primary amides is 1. The Morgan fingerprint density at radius 1 is 1.35 bits per heavy atom. The molecule has 0 radical (unpaired) electrons. The Kier molecular flexibility index (Phi) is 4.34. The first kappa shape index (κ1) is 14.0. The predicted octanol–water partition coefficient (Wildman–Crippen LogP) is 2.00. The van der Waals surface area contributed by atoms with Gasteiger partial charge in [0.1, 0.15) is 11.4 Å². The molecule has 0 saturated heterocycles. The Labute approximate surface area is 117 Å². The molecule has 0 spiro atoms. The molecule has 0 unspecified atom stereocenters. The van der Waals surface area contributed by atoms with Gasteiger partial charge in [-0.15, -0.1) is 0 Å². The summed E-state index contributed by atoms with van der Waals surface area (Å²) in [5.41, 5.74) is 6.52. The number of carbonyl (C=O) groups is 1. The first-order chi connectivity index (χ1) is 9.59. The van der Waals surface area contributed by atoms with Crippen molar-refractivity contribution in [1.82, 2.24) is 15.4 Å². The molecule has 1 aromatic heterocycles. The van der Waals surface area contributed by atoms with Crippen LogP contribution < -0.4 is 10.5 Å². The molecular weight excluding hydrogens is 256 g/mol. The minimum Gasteiger partial charge on any atom is -0.493 e. The lowest BCUT2D eigenvalue weighted by atomic mass is 10.1. The van der Waals surface area contributed by atoms with Crippen LogP contribution in [0.15, 0.2) is 24.3 Å². The second kappa shape index (κ2) is 6.18. The number of nitrogens with one attached hydrogen (secondary N) is 1. The van der Waals surface area contributed by atoms with Crippen molar-refractivity contribution in [3.8, 4) is 17.0 Å². The molecule has 6 heteroatoms. The summed E-state index contributed by atoms with van der Waals surface area (Å²) in [6, 6.07) is 7.40. The van der Waals surface area contributed by atoms with Crippen molar-refractivity contribution in [3.63, 3.8) is 0 Å². The molecule has 2 aromatic rings. The number of benzene rings is 1. The number of para-hydroxylation sites is 1. The molecule has 3 N–H and O–H groups in total. The van der Waals surface area contributed by atoms with E-state index in [4.69, 9.17) is 10.5 Å². The van der Waals surface area contributed by atoms with Crippen LogP contribution in [0, 0.1) is 5.92 Å². The number of ether oxygens (including phenoxy) is 1. The van der Waals surface area contributed by atoms with E-state index in [0.29, 0.717) is 29.5 Å². The lowest BCUT2D eigenvalue weighted by Gasteiger charge is -2.11. The summed E-state index contributed by atoms with van der Waals surface area (Å²) in [4.78, 5) is 11.3. The van der Waals surface area contributed by atoms with Gasteiger partial charge in [0, 0.05) is 5.56 Å². The normalized spacial score (nSPS) is 10.8. The van der Waals surface area contributed by atoms with Crippen LogP contribution in [0.2, 0.25) is 0 Å². The Morgan fingerprint density at radius 2 is 2.10 bits per heavy atom. The number of hydrogen-bond donors (Lipinski definition) is 2. The van der Waals surface area contributed by atoms with E-state index in [2.05, 4.69) is 29.3 Å². The first-order valence-electron chi connectivity index (χ1n) is 6.52. The van der Waals surface area contributed by atoms with Crippen LogP contribution in [-0.4, -0.2) is 27.9 Å². The number of amides is 1. The third-order valence-corrected chi connectivity index (χ3v) is 2.88. The SMILES string of the molecule is CC(C)CCOc1ccccc1-c1n[nH]nc1C(N)=O. The molecule has 20 heavy (non-hydrogen) atoms. The highest BCUT2D eigenvalue weighted by molar-refractivity contribution is 5.97. The second-order valence-electron chi connectivity index (χ2n) is 4.91. The maximum absolute atomic E-state index is 11.3. The highest BCUT2D eigenvalue weighted by Gasteiger charge is 2.18. The van der Waals surface area contributed by atoms with Gasteiger partial charge in [0.25, 0.3) is 5.91 Å². The van der Waals surface area contributed by atoms with Gasteiger partial charge in [0.15, 0.2) is 5.69 Å². The molecule has 0 aliphatic rings. The molecule has 1 amide bonds. The Hall–Kier alpha value is -2.37. The second-order valence-corrected chi connectivity index (χ2v) is 4.91. The van der Waals surface area contributed by atoms with Crippen molar-refractivity contribution < 1.29 is 9.53 Å². The van der Waals surface area contributed by atoms with Crippen molar-refractivity contribution in [2.75, 3.05) is 6.61 Å². The van der Waals surface area contributed by atoms with Crippen LogP contribution in [0.4, 0.5) is 0 Å². The molecule has 0 bridgehead atoms. The largest absolute Gasteiger partial charge is 0.493 e. The van der Waals surface area contributed by atoms with Crippen LogP contribution in [-0.2, 0) is 0 Å². The average Bonchev–Trinajstić information content (AvgIpc) is 2.88. The minimum atomic E-state index is -0.620. The van der Waals surface area contributed by atoms with Crippen molar-refractivity contribution in [2.24, 2.45) is 11.7 Å². The van der Waals surface area contributed by atoms with E-state index in [9.17, 15) is 4.79 Å². The summed E-state index contributed by atoms with van der Waals surface area (Å²) in [6.07, 6.45) is 0.954. The van der Waals surface area contributed by atoms with Crippen LogP contribution >= 0.6 is 0 Å². The molecule has 1 heterocycles. The third-order valence-electron chi connectivity index (χ3n) is 2.88. The predicted molar refractivity (Wildman–Crippen MR) is 75.3 cm³/mol. The smallest absolute Gasteiger partial charge is 0.271 e. The fraction of sp³-hybridized carbons (Fsp3) is 0.357. The van der Waals surface area contributed by atoms with Gasteiger partial charge in [-0.3, -0.25) is 4.79 Å². The average molecular weight is 274 g/mol. The zero-order valence-electron chi connectivity index (χ0n) is 11.6. The van der Waals surface area contributed by atoms with Gasteiger partial charge >= 0.3 is 0 Å². The standard InChI is InChI=1S/C14H18N4O2/c1-9(2)7-8-20-11-6-4-3-5-10(11)12-13(14(15)19)17-18-16-12/h3-6,9H,7-8H2,1-2H3,(H2,15,19)(H,16,17,18). The van der Waals surface area contributed by atoms with Crippen molar-refractivity contribution in [3.05, 3.63) is 30.0 Å². The molecule has 0 atom stereocenters. The Bertz CT molecular complexity index is 592. The van der Waals surface area contributed by atoms with E-state index < -0.39 is 5.91 Å². The van der Waals surface area contributed by atoms with Crippen molar-refractivity contribution in [2.45, 2.75) is 20.3 Å². The van der Waals surface area contributed by atoms with Crippen LogP contribution in [0.5, 0.6) is 5.75 Å². The van der Waals surface area contributed by atoms with Gasteiger partial charge in [-0.2, -0.15) is 15.4 Å². The molecule has 0 aliphatic heterocycles. The first-order valence-corrected chi connectivity index (χ1v) is 6.52. The number of hydrogen-bond acceptors (Lipinski definition) is 4. The van der Waals surface area contributed by atoms with Gasteiger partial charge < -0.3 is 10.5 Å². The maximum Gasteiger partial charge on any atom is 0.271 e.